The number of Topliss-reactive ketones (excluding diaryl/α,β-unsaturated/α-hetero) is 1. The van der Waals surface area contributed by atoms with Crippen molar-refractivity contribution in [2.24, 2.45) is 23.7 Å². The summed E-state index contributed by atoms with van der Waals surface area (Å²) in [5.74, 6) is 3.98. The van der Waals surface area contributed by atoms with Crippen LogP contribution in [-0.2, 0) is 4.79 Å². The first kappa shape index (κ1) is 28.4. The zero-order chi connectivity index (χ0) is 22.7. The third-order valence-corrected chi connectivity index (χ3v) is 7.86. The molecule has 1 aliphatic rings. The number of carbonyl (C=O) groups excluding carboxylic acids is 1. The third kappa shape index (κ3) is 15.0. The molecular formula is C30H56O. The summed E-state index contributed by atoms with van der Waals surface area (Å²) in [5, 5.41) is 0. The van der Waals surface area contributed by atoms with Gasteiger partial charge in [-0.15, -0.1) is 0 Å². The van der Waals surface area contributed by atoms with Crippen LogP contribution in [-0.4, -0.2) is 5.78 Å². The summed E-state index contributed by atoms with van der Waals surface area (Å²) >= 11 is 0. The first-order valence-corrected chi connectivity index (χ1v) is 14.2. The van der Waals surface area contributed by atoms with Gasteiger partial charge < -0.3 is 4.79 Å². The van der Waals surface area contributed by atoms with Gasteiger partial charge in [-0.25, -0.2) is 0 Å². The molecule has 1 fully saturated rings. The summed E-state index contributed by atoms with van der Waals surface area (Å²) in [7, 11) is 0. The molecule has 0 saturated heterocycles. The van der Waals surface area contributed by atoms with Crippen LogP contribution in [0.25, 0.3) is 0 Å². The summed E-state index contributed by atoms with van der Waals surface area (Å²) in [4.78, 5) is 11.1. The molecule has 0 spiro atoms. The zero-order valence-electron chi connectivity index (χ0n) is 21.8. The molecule has 31 heavy (non-hydrogen) atoms. The van der Waals surface area contributed by atoms with Gasteiger partial charge in [0.1, 0.15) is 5.78 Å². The van der Waals surface area contributed by atoms with Crippen LogP contribution in [0.15, 0.2) is 12.2 Å². The van der Waals surface area contributed by atoms with Crippen molar-refractivity contribution in [1.82, 2.24) is 0 Å². The van der Waals surface area contributed by atoms with Crippen LogP contribution in [0.4, 0.5) is 0 Å². The second-order valence-corrected chi connectivity index (χ2v) is 10.8. The molecule has 0 aliphatic heterocycles. The molecule has 0 bridgehead atoms. The van der Waals surface area contributed by atoms with Gasteiger partial charge in [0.05, 0.1) is 0 Å². The van der Waals surface area contributed by atoms with E-state index in [1.165, 1.54) is 109 Å². The molecule has 182 valence electrons. The van der Waals surface area contributed by atoms with E-state index in [4.69, 9.17) is 0 Å². The van der Waals surface area contributed by atoms with E-state index >= 15 is 0 Å². The fraction of sp³-hybridized carbons (Fsp3) is 0.900. The standard InChI is InChI=1S/C30H56O/c1-5-7-8-9-10-15-22-29-23-17-24-30(29)25-28(21-16-18-26(3)6-2)20-14-12-11-13-19-27(4)31/h15,22,26,28-30H,5-14,16-21,23-25H2,1-4H3/t26?,28?,29-,30+/m0/s1. The summed E-state index contributed by atoms with van der Waals surface area (Å²) in [5.41, 5.74) is 0. The molecule has 1 nitrogen and oxygen atoms in total. The lowest BCUT2D eigenvalue weighted by molar-refractivity contribution is -0.117. The molecule has 0 aromatic heterocycles. The van der Waals surface area contributed by atoms with Gasteiger partial charge in [-0.05, 0) is 69.1 Å². The Labute approximate surface area is 196 Å². The van der Waals surface area contributed by atoms with E-state index in [9.17, 15) is 4.79 Å². The summed E-state index contributed by atoms with van der Waals surface area (Å²) in [6.45, 7) is 8.78. The van der Waals surface area contributed by atoms with E-state index in [1.807, 2.05) is 0 Å². The zero-order valence-corrected chi connectivity index (χ0v) is 21.8. The Morgan fingerprint density at radius 2 is 1.65 bits per heavy atom. The van der Waals surface area contributed by atoms with Crippen LogP contribution < -0.4 is 0 Å². The lowest BCUT2D eigenvalue weighted by Gasteiger charge is -2.24. The van der Waals surface area contributed by atoms with Gasteiger partial charge in [0, 0.05) is 6.42 Å². The highest BCUT2D eigenvalue weighted by Crippen LogP contribution is 2.39. The summed E-state index contributed by atoms with van der Waals surface area (Å²) in [6, 6.07) is 0. The second kappa shape index (κ2) is 18.9. The molecular weight excluding hydrogens is 376 g/mol. The maximum absolute atomic E-state index is 11.1. The Hall–Kier alpha value is -0.590. The maximum Gasteiger partial charge on any atom is 0.129 e. The van der Waals surface area contributed by atoms with Crippen molar-refractivity contribution < 1.29 is 4.79 Å². The van der Waals surface area contributed by atoms with E-state index in [-0.39, 0.29) is 0 Å². The fourth-order valence-corrected chi connectivity index (χ4v) is 5.50. The number of hydrogen-bond acceptors (Lipinski definition) is 1. The lowest BCUT2D eigenvalue weighted by Crippen LogP contribution is -2.13. The average molecular weight is 433 g/mol. The number of unbranched alkanes of at least 4 members (excludes halogenated alkanes) is 7. The average Bonchev–Trinajstić information content (AvgIpc) is 3.19. The Morgan fingerprint density at radius 1 is 0.903 bits per heavy atom. The minimum atomic E-state index is 0.355. The third-order valence-electron chi connectivity index (χ3n) is 7.86. The number of hydrogen-bond donors (Lipinski definition) is 0. The number of rotatable bonds is 20. The van der Waals surface area contributed by atoms with Crippen LogP contribution in [0.5, 0.6) is 0 Å². The van der Waals surface area contributed by atoms with Crippen molar-refractivity contribution in [3.8, 4) is 0 Å². The number of carbonyl (C=O) groups is 1. The maximum atomic E-state index is 11.1. The Kier molecular flexibility index (Phi) is 17.4. The molecule has 2 unspecified atom stereocenters. The number of ketones is 1. The first-order valence-electron chi connectivity index (χ1n) is 14.2. The molecule has 0 radical (unpaired) electrons. The van der Waals surface area contributed by atoms with Gasteiger partial charge in [-0.3, -0.25) is 0 Å². The Bertz CT molecular complexity index is 451. The van der Waals surface area contributed by atoms with Crippen molar-refractivity contribution in [3.63, 3.8) is 0 Å². The highest BCUT2D eigenvalue weighted by atomic mass is 16.1. The molecule has 0 N–H and O–H groups in total. The van der Waals surface area contributed by atoms with Crippen molar-refractivity contribution in [3.05, 3.63) is 12.2 Å². The molecule has 1 aliphatic carbocycles. The quantitative estimate of drug-likeness (QED) is 0.138. The molecule has 1 saturated carbocycles. The van der Waals surface area contributed by atoms with Crippen molar-refractivity contribution in [2.75, 3.05) is 0 Å². The van der Waals surface area contributed by atoms with Crippen LogP contribution in [0.3, 0.4) is 0 Å². The van der Waals surface area contributed by atoms with Gasteiger partial charge in [-0.2, -0.15) is 0 Å². The first-order chi connectivity index (χ1) is 15.1. The van der Waals surface area contributed by atoms with Crippen LogP contribution in [0.2, 0.25) is 0 Å². The minimum Gasteiger partial charge on any atom is -0.300 e. The van der Waals surface area contributed by atoms with Crippen molar-refractivity contribution >= 4 is 5.78 Å². The molecule has 1 heteroatoms. The van der Waals surface area contributed by atoms with Crippen LogP contribution in [0.1, 0.15) is 150 Å². The fourth-order valence-electron chi connectivity index (χ4n) is 5.50. The van der Waals surface area contributed by atoms with Gasteiger partial charge in [0.2, 0.25) is 0 Å². The van der Waals surface area contributed by atoms with Gasteiger partial charge >= 0.3 is 0 Å². The Morgan fingerprint density at radius 3 is 2.39 bits per heavy atom. The Balaban J connectivity index is 2.43. The molecule has 4 atom stereocenters. The molecule has 0 amide bonds. The van der Waals surface area contributed by atoms with E-state index in [0.717, 1.165) is 36.5 Å². The van der Waals surface area contributed by atoms with Crippen LogP contribution in [0, 0.1) is 23.7 Å². The smallest absolute Gasteiger partial charge is 0.129 e. The largest absolute Gasteiger partial charge is 0.300 e. The SMILES string of the molecule is CCCCCCC=C[C@H]1CCC[C@@H]1CC(CCCCCCC(C)=O)CCCC(C)CC. The molecule has 0 aromatic carbocycles. The summed E-state index contributed by atoms with van der Waals surface area (Å²) in [6.07, 6.45) is 30.6. The minimum absolute atomic E-state index is 0.355. The molecule has 1 rings (SSSR count). The van der Waals surface area contributed by atoms with Gasteiger partial charge in [-0.1, -0.05) is 110 Å². The topological polar surface area (TPSA) is 17.1 Å². The second-order valence-electron chi connectivity index (χ2n) is 10.8. The number of allylic oxidation sites excluding steroid dienone is 2. The van der Waals surface area contributed by atoms with E-state index in [0.29, 0.717) is 5.78 Å². The van der Waals surface area contributed by atoms with E-state index in [2.05, 4.69) is 32.9 Å². The van der Waals surface area contributed by atoms with E-state index < -0.39 is 0 Å². The summed E-state index contributed by atoms with van der Waals surface area (Å²) < 4.78 is 0. The predicted molar refractivity (Wildman–Crippen MR) is 139 cm³/mol. The monoisotopic (exact) mass is 432 g/mol. The highest BCUT2D eigenvalue weighted by Gasteiger charge is 2.27. The van der Waals surface area contributed by atoms with Crippen molar-refractivity contribution in [1.29, 1.82) is 0 Å². The predicted octanol–water partition coefficient (Wildman–Crippen LogP) is 10.1. The van der Waals surface area contributed by atoms with E-state index in [1.54, 1.807) is 6.92 Å². The lowest BCUT2D eigenvalue weighted by atomic mass is 9.81. The van der Waals surface area contributed by atoms with Gasteiger partial charge in [0.15, 0.2) is 0 Å². The molecule has 0 heterocycles. The molecule has 0 aromatic rings. The van der Waals surface area contributed by atoms with Gasteiger partial charge in [0.25, 0.3) is 0 Å². The normalized spacial score (nSPS) is 21.0. The van der Waals surface area contributed by atoms with Crippen LogP contribution >= 0.6 is 0 Å². The highest BCUT2D eigenvalue weighted by molar-refractivity contribution is 5.75. The van der Waals surface area contributed by atoms with Crippen molar-refractivity contribution in [2.45, 2.75) is 150 Å².